The minimum absolute atomic E-state index is 0.228. The summed E-state index contributed by atoms with van der Waals surface area (Å²) in [7, 11) is 1.60. The number of halogens is 2. The summed E-state index contributed by atoms with van der Waals surface area (Å²) >= 11 is 0. The fourth-order valence-corrected chi connectivity index (χ4v) is 3.63. The van der Waals surface area contributed by atoms with Crippen molar-refractivity contribution in [2.75, 3.05) is 25.6 Å². The van der Waals surface area contributed by atoms with Gasteiger partial charge in [0.05, 0.1) is 28.7 Å². The molecule has 33 heavy (non-hydrogen) atoms. The molecule has 1 aromatic carbocycles. The fraction of sp³-hybridized carbons (Fsp3) is 0.333. The molecule has 2 aromatic heterocycles. The number of hydrogen-bond acceptors (Lipinski definition) is 5. The van der Waals surface area contributed by atoms with Gasteiger partial charge in [-0.3, -0.25) is 9.78 Å². The predicted molar refractivity (Wildman–Crippen MR) is 121 cm³/mol. The molecule has 4 rings (SSSR count). The Morgan fingerprint density at radius 3 is 2.82 bits per heavy atom. The number of amides is 1. The van der Waals surface area contributed by atoms with E-state index in [1.165, 1.54) is 6.07 Å². The van der Waals surface area contributed by atoms with E-state index in [4.69, 9.17) is 9.47 Å². The first kappa shape index (κ1) is 22.7. The van der Waals surface area contributed by atoms with Crippen molar-refractivity contribution >= 4 is 17.3 Å². The maximum Gasteiger partial charge on any atom is 0.255 e. The van der Waals surface area contributed by atoms with Crippen molar-refractivity contribution in [1.82, 2.24) is 15.3 Å². The van der Waals surface area contributed by atoms with Crippen LogP contribution in [0.1, 0.15) is 35.5 Å². The van der Waals surface area contributed by atoms with Gasteiger partial charge in [0.2, 0.25) is 0 Å². The van der Waals surface area contributed by atoms with Crippen LogP contribution in [0.25, 0.3) is 11.3 Å². The monoisotopic (exact) mass is 456 g/mol. The van der Waals surface area contributed by atoms with E-state index < -0.39 is 17.2 Å². The Morgan fingerprint density at radius 1 is 1.27 bits per heavy atom. The van der Waals surface area contributed by atoms with Crippen molar-refractivity contribution in [1.29, 1.82) is 0 Å². The highest BCUT2D eigenvalue weighted by atomic mass is 19.1. The summed E-state index contributed by atoms with van der Waals surface area (Å²) in [5, 5.41) is 5.92. The van der Waals surface area contributed by atoms with Crippen LogP contribution in [-0.4, -0.2) is 41.7 Å². The van der Waals surface area contributed by atoms with Crippen LogP contribution in [0.3, 0.4) is 0 Å². The van der Waals surface area contributed by atoms with E-state index >= 15 is 0 Å². The molecule has 1 amide bonds. The minimum Gasteiger partial charge on any atom is -0.488 e. The SMILES string of the molecule is COC(C)(C)COc1cnccc1-c1[nH]c2c(c1Nc1cc(F)cc(F)c1C)C(=O)NCC2. The normalized spacial score (nSPS) is 13.5. The van der Waals surface area contributed by atoms with Crippen molar-refractivity contribution in [2.24, 2.45) is 0 Å². The molecular weight excluding hydrogens is 430 g/mol. The van der Waals surface area contributed by atoms with Gasteiger partial charge in [0.15, 0.2) is 0 Å². The molecule has 0 unspecified atom stereocenters. The second-order valence-corrected chi connectivity index (χ2v) is 8.54. The molecule has 0 saturated carbocycles. The van der Waals surface area contributed by atoms with Gasteiger partial charge in [-0.1, -0.05) is 0 Å². The zero-order valence-electron chi connectivity index (χ0n) is 18.9. The van der Waals surface area contributed by atoms with Gasteiger partial charge < -0.3 is 25.1 Å². The minimum atomic E-state index is -0.717. The highest BCUT2D eigenvalue weighted by Gasteiger charge is 2.29. The fourth-order valence-electron chi connectivity index (χ4n) is 3.63. The van der Waals surface area contributed by atoms with Crippen LogP contribution < -0.4 is 15.4 Å². The molecule has 0 aliphatic carbocycles. The molecule has 0 spiro atoms. The first-order valence-corrected chi connectivity index (χ1v) is 10.6. The van der Waals surface area contributed by atoms with Gasteiger partial charge in [0, 0.05) is 54.8 Å². The van der Waals surface area contributed by atoms with Gasteiger partial charge in [-0.25, -0.2) is 8.78 Å². The van der Waals surface area contributed by atoms with E-state index in [1.54, 1.807) is 32.5 Å². The highest BCUT2D eigenvalue weighted by Crippen LogP contribution is 2.41. The number of ether oxygens (including phenoxy) is 2. The number of aromatic amines is 1. The maximum absolute atomic E-state index is 14.2. The molecule has 0 fully saturated rings. The summed E-state index contributed by atoms with van der Waals surface area (Å²) in [4.78, 5) is 20.2. The lowest BCUT2D eigenvalue weighted by molar-refractivity contribution is -0.0146. The van der Waals surface area contributed by atoms with Crippen LogP contribution in [0, 0.1) is 18.6 Å². The quantitative estimate of drug-likeness (QED) is 0.487. The molecule has 174 valence electrons. The van der Waals surface area contributed by atoms with Gasteiger partial charge in [0.1, 0.15) is 24.0 Å². The summed E-state index contributed by atoms with van der Waals surface area (Å²) in [5.41, 5.74) is 2.69. The highest BCUT2D eigenvalue weighted by molar-refractivity contribution is 6.06. The third-order valence-corrected chi connectivity index (χ3v) is 5.72. The molecule has 0 radical (unpaired) electrons. The van der Waals surface area contributed by atoms with Crippen LogP contribution in [-0.2, 0) is 11.2 Å². The third-order valence-electron chi connectivity index (χ3n) is 5.72. The summed E-state index contributed by atoms with van der Waals surface area (Å²) in [5.74, 6) is -1.19. The molecule has 3 heterocycles. The molecule has 0 atom stereocenters. The Kier molecular flexibility index (Phi) is 6.07. The van der Waals surface area contributed by atoms with Crippen molar-refractivity contribution < 1.29 is 23.0 Å². The number of carbonyl (C=O) groups is 1. The molecule has 1 aliphatic rings. The Labute approximate surface area is 190 Å². The van der Waals surface area contributed by atoms with E-state index in [9.17, 15) is 13.6 Å². The molecule has 3 aromatic rings. The van der Waals surface area contributed by atoms with Gasteiger partial charge in [0.25, 0.3) is 5.91 Å². The second kappa shape index (κ2) is 8.82. The van der Waals surface area contributed by atoms with Gasteiger partial charge >= 0.3 is 0 Å². The van der Waals surface area contributed by atoms with E-state index in [0.29, 0.717) is 41.2 Å². The summed E-state index contributed by atoms with van der Waals surface area (Å²) < 4.78 is 39.6. The van der Waals surface area contributed by atoms with Gasteiger partial charge in [-0.2, -0.15) is 0 Å². The number of anilines is 2. The molecule has 0 bridgehead atoms. The maximum atomic E-state index is 14.2. The van der Waals surface area contributed by atoms with E-state index in [0.717, 1.165) is 11.8 Å². The topological polar surface area (TPSA) is 88.3 Å². The van der Waals surface area contributed by atoms with Crippen LogP contribution >= 0.6 is 0 Å². The van der Waals surface area contributed by atoms with Crippen molar-refractivity contribution in [2.45, 2.75) is 32.8 Å². The largest absolute Gasteiger partial charge is 0.488 e. The third kappa shape index (κ3) is 4.54. The number of nitrogens with one attached hydrogen (secondary N) is 3. The van der Waals surface area contributed by atoms with Crippen molar-refractivity contribution in [3.05, 3.63) is 59.0 Å². The van der Waals surface area contributed by atoms with Crippen LogP contribution in [0.4, 0.5) is 20.2 Å². The number of fused-ring (bicyclic) bond motifs is 1. The number of H-pyrrole nitrogens is 1. The number of nitrogens with zero attached hydrogens (tertiary/aromatic N) is 1. The Balaban J connectivity index is 1.84. The number of hydrogen-bond donors (Lipinski definition) is 3. The average Bonchev–Trinajstić information content (AvgIpc) is 3.15. The number of aromatic nitrogens is 2. The van der Waals surface area contributed by atoms with E-state index in [-0.39, 0.29) is 23.8 Å². The zero-order valence-corrected chi connectivity index (χ0v) is 18.9. The predicted octanol–water partition coefficient (Wildman–Crippen LogP) is 4.50. The van der Waals surface area contributed by atoms with Crippen LogP contribution in [0.5, 0.6) is 5.75 Å². The van der Waals surface area contributed by atoms with E-state index in [2.05, 4.69) is 20.6 Å². The van der Waals surface area contributed by atoms with Gasteiger partial charge in [-0.05, 0) is 32.9 Å². The zero-order chi connectivity index (χ0) is 23.8. The molecular formula is C24H26F2N4O3. The van der Waals surface area contributed by atoms with E-state index in [1.807, 2.05) is 13.8 Å². The molecule has 0 saturated heterocycles. The summed E-state index contributed by atoms with van der Waals surface area (Å²) in [6.45, 7) is 6.09. The van der Waals surface area contributed by atoms with Crippen LogP contribution in [0.15, 0.2) is 30.6 Å². The molecule has 1 aliphatic heterocycles. The van der Waals surface area contributed by atoms with Crippen LogP contribution in [0.2, 0.25) is 0 Å². The standard InChI is InChI=1S/C24H26F2N4O3/c1-13-16(26)9-14(25)10-18(13)30-22-20-17(6-8-28-23(20)31)29-21(22)15-5-7-27-11-19(15)33-12-24(2,3)32-4/h5,7,9-11,29-30H,6,8,12H2,1-4H3,(H,28,31). The Morgan fingerprint density at radius 2 is 2.06 bits per heavy atom. The van der Waals surface area contributed by atoms with Crippen molar-refractivity contribution in [3.8, 4) is 17.0 Å². The Bertz CT molecular complexity index is 1210. The van der Waals surface area contributed by atoms with Gasteiger partial charge in [-0.15, -0.1) is 0 Å². The smallest absolute Gasteiger partial charge is 0.255 e. The number of rotatable bonds is 7. The lowest BCUT2D eigenvalue weighted by atomic mass is 10.0. The molecule has 7 nitrogen and oxygen atoms in total. The number of methoxy groups -OCH3 is 1. The summed E-state index contributed by atoms with van der Waals surface area (Å²) in [6, 6.07) is 3.79. The first-order chi connectivity index (χ1) is 15.7. The molecule has 9 heteroatoms. The number of pyridine rings is 1. The average molecular weight is 456 g/mol. The Hall–Kier alpha value is -3.46. The van der Waals surface area contributed by atoms with Crippen molar-refractivity contribution in [3.63, 3.8) is 0 Å². The number of benzene rings is 1. The second-order valence-electron chi connectivity index (χ2n) is 8.54. The molecule has 3 N–H and O–H groups in total. The summed E-state index contributed by atoms with van der Waals surface area (Å²) in [6.07, 6.45) is 3.78. The first-order valence-electron chi connectivity index (χ1n) is 10.6. The lowest BCUT2D eigenvalue weighted by Gasteiger charge is -2.23. The lowest BCUT2D eigenvalue weighted by Crippen LogP contribution is -2.31. The number of carbonyl (C=O) groups excluding carboxylic acids is 1.